The Labute approximate surface area is 113 Å². The zero-order chi connectivity index (χ0) is 14.2. The Balaban J connectivity index is 2.52. The highest BCUT2D eigenvalue weighted by atomic mass is 16.5. The minimum atomic E-state index is -0.244. The van der Waals surface area contributed by atoms with Crippen LogP contribution in [0, 0.1) is 5.41 Å². The van der Waals surface area contributed by atoms with Gasteiger partial charge in [-0.1, -0.05) is 20.8 Å². The average Bonchev–Trinajstić information content (AvgIpc) is 2.07. The first kappa shape index (κ1) is 15.9. The maximum absolute atomic E-state index is 10.1. The van der Waals surface area contributed by atoms with Gasteiger partial charge in [-0.3, -0.25) is 4.90 Å². The lowest BCUT2D eigenvalue weighted by molar-refractivity contribution is -0.181. The van der Waals surface area contributed by atoms with Crippen LogP contribution in [0.3, 0.4) is 0 Å². The summed E-state index contributed by atoms with van der Waals surface area (Å²) in [5.74, 6) is 0. The van der Waals surface area contributed by atoms with Crippen molar-refractivity contribution in [1.82, 2.24) is 4.90 Å². The Morgan fingerprint density at radius 2 is 1.56 bits per heavy atom. The minimum absolute atomic E-state index is 0.0304. The lowest BCUT2D eigenvalue weighted by Gasteiger charge is -2.47. The van der Waals surface area contributed by atoms with E-state index in [4.69, 9.17) is 4.74 Å². The lowest BCUT2D eigenvalue weighted by atomic mass is 9.87. The molecule has 1 aliphatic heterocycles. The van der Waals surface area contributed by atoms with Crippen molar-refractivity contribution in [1.29, 1.82) is 0 Å². The Kier molecular flexibility index (Phi) is 4.52. The van der Waals surface area contributed by atoms with E-state index in [1.54, 1.807) is 0 Å². The summed E-state index contributed by atoms with van der Waals surface area (Å²) in [7, 11) is 0. The van der Waals surface area contributed by atoms with Gasteiger partial charge in [0.15, 0.2) is 0 Å². The van der Waals surface area contributed by atoms with E-state index in [-0.39, 0.29) is 22.7 Å². The number of rotatable bonds is 3. The van der Waals surface area contributed by atoms with Gasteiger partial charge in [-0.2, -0.15) is 0 Å². The highest BCUT2D eigenvalue weighted by Gasteiger charge is 2.38. The van der Waals surface area contributed by atoms with Gasteiger partial charge in [-0.25, -0.2) is 0 Å². The van der Waals surface area contributed by atoms with Crippen LogP contribution in [0.15, 0.2) is 0 Å². The quantitative estimate of drug-likeness (QED) is 0.844. The maximum atomic E-state index is 10.1. The third kappa shape index (κ3) is 4.87. The van der Waals surface area contributed by atoms with Crippen molar-refractivity contribution >= 4 is 0 Å². The molecule has 108 valence electrons. The number of morpholine rings is 1. The van der Waals surface area contributed by atoms with Crippen molar-refractivity contribution in [3.05, 3.63) is 0 Å². The molecule has 0 saturated carbocycles. The van der Waals surface area contributed by atoms with Gasteiger partial charge in [0.1, 0.15) is 0 Å². The molecule has 0 aromatic rings. The van der Waals surface area contributed by atoms with Crippen molar-refractivity contribution in [3.8, 4) is 0 Å². The number of nitrogens with zero attached hydrogens (tertiary/aromatic N) is 1. The molecule has 0 radical (unpaired) electrons. The van der Waals surface area contributed by atoms with E-state index in [1.807, 2.05) is 0 Å². The van der Waals surface area contributed by atoms with E-state index in [0.717, 1.165) is 26.1 Å². The third-order valence-electron chi connectivity index (χ3n) is 3.48. The highest BCUT2D eigenvalue weighted by Crippen LogP contribution is 2.29. The largest absolute Gasteiger partial charge is 0.393 e. The molecule has 0 aliphatic carbocycles. The van der Waals surface area contributed by atoms with Gasteiger partial charge >= 0.3 is 0 Å². The second-order valence-electron chi connectivity index (χ2n) is 8.00. The van der Waals surface area contributed by atoms with Crippen molar-refractivity contribution < 1.29 is 9.84 Å². The molecule has 0 spiro atoms. The van der Waals surface area contributed by atoms with Gasteiger partial charge in [0, 0.05) is 19.6 Å². The summed E-state index contributed by atoms with van der Waals surface area (Å²) in [5, 5.41) is 10.1. The van der Waals surface area contributed by atoms with E-state index in [1.165, 1.54) is 0 Å². The fourth-order valence-corrected chi connectivity index (χ4v) is 2.84. The second-order valence-corrected chi connectivity index (χ2v) is 8.00. The zero-order valence-electron chi connectivity index (χ0n) is 13.2. The van der Waals surface area contributed by atoms with Crippen LogP contribution < -0.4 is 0 Å². The Bertz CT molecular complexity index is 263. The van der Waals surface area contributed by atoms with Crippen LogP contribution in [0.25, 0.3) is 0 Å². The first-order valence-electron chi connectivity index (χ1n) is 7.02. The van der Waals surface area contributed by atoms with E-state index in [2.05, 4.69) is 53.4 Å². The SMILES string of the molecule is CC1(C)CN(CCC(O)C(C)(C)C)CC(C)(C)O1. The number of hydrogen-bond donors (Lipinski definition) is 1. The van der Waals surface area contributed by atoms with Gasteiger partial charge in [0.05, 0.1) is 17.3 Å². The van der Waals surface area contributed by atoms with Gasteiger partial charge in [-0.05, 0) is 39.5 Å². The molecule has 0 bridgehead atoms. The van der Waals surface area contributed by atoms with E-state index in [0.29, 0.717) is 0 Å². The van der Waals surface area contributed by atoms with Gasteiger partial charge < -0.3 is 9.84 Å². The summed E-state index contributed by atoms with van der Waals surface area (Å²) in [6, 6.07) is 0. The predicted molar refractivity (Wildman–Crippen MR) is 75.8 cm³/mol. The molecular formula is C15H31NO2. The van der Waals surface area contributed by atoms with Crippen LogP contribution in [-0.4, -0.2) is 46.9 Å². The van der Waals surface area contributed by atoms with Crippen LogP contribution in [-0.2, 0) is 4.74 Å². The van der Waals surface area contributed by atoms with Gasteiger partial charge in [0.25, 0.3) is 0 Å². The molecule has 1 rings (SSSR count). The Hall–Kier alpha value is -0.120. The van der Waals surface area contributed by atoms with Crippen LogP contribution in [0.2, 0.25) is 0 Å². The standard InChI is InChI=1S/C15H31NO2/c1-13(2,3)12(17)8-9-16-10-14(4,5)18-15(6,7)11-16/h12,17H,8-11H2,1-7H3. The number of hydrogen-bond acceptors (Lipinski definition) is 3. The van der Waals surface area contributed by atoms with Crippen molar-refractivity contribution in [3.63, 3.8) is 0 Å². The highest BCUT2D eigenvalue weighted by molar-refractivity contribution is 4.89. The molecule has 1 unspecified atom stereocenters. The summed E-state index contributed by atoms with van der Waals surface area (Å²) in [5.41, 5.74) is -0.236. The van der Waals surface area contributed by atoms with E-state index in [9.17, 15) is 5.11 Å². The van der Waals surface area contributed by atoms with Crippen LogP contribution >= 0.6 is 0 Å². The van der Waals surface area contributed by atoms with Crippen LogP contribution in [0.1, 0.15) is 54.9 Å². The molecule has 1 N–H and O–H groups in total. The third-order valence-corrected chi connectivity index (χ3v) is 3.48. The van der Waals surface area contributed by atoms with Crippen molar-refractivity contribution in [2.75, 3.05) is 19.6 Å². The molecule has 3 nitrogen and oxygen atoms in total. The first-order chi connectivity index (χ1) is 7.91. The smallest absolute Gasteiger partial charge is 0.0760 e. The molecule has 18 heavy (non-hydrogen) atoms. The molecular weight excluding hydrogens is 226 g/mol. The van der Waals surface area contributed by atoms with Crippen LogP contribution in [0.5, 0.6) is 0 Å². The van der Waals surface area contributed by atoms with Gasteiger partial charge in [0.2, 0.25) is 0 Å². The lowest BCUT2D eigenvalue weighted by Crippen LogP contribution is -2.57. The minimum Gasteiger partial charge on any atom is -0.393 e. The molecule has 0 aromatic carbocycles. The Morgan fingerprint density at radius 3 is 1.94 bits per heavy atom. The summed E-state index contributed by atoms with van der Waals surface area (Å²) in [4.78, 5) is 2.42. The van der Waals surface area contributed by atoms with Crippen LogP contribution in [0.4, 0.5) is 0 Å². The molecule has 3 heteroatoms. The zero-order valence-corrected chi connectivity index (χ0v) is 13.2. The first-order valence-corrected chi connectivity index (χ1v) is 7.02. The molecule has 1 atom stereocenters. The monoisotopic (exact) mass is 257 g/mol. The second kappa shape index (κ2) is 5.10. The van der Waals surface area contributed by atoms with Crippen molar-refractivity contribution in [2.45, 2.75) is 72.2 Å². The number of aliphatic hydroxyl groups is 1. The predicted octanol–water partition coefficient (Wildman–Crippen LogP) is 2.67. The summed E-state index contributed by atoms with van der Waals surface area (Å²) >= 11 is 0. The molecule has 0 amide bonds. The molecule has 1 heterocycles. The molecule has 1 fully saturated rings. The summed E-state index contributed by atoms with van der Waals surface area (Å²) < 4.78 is 6.06. The fourth-order valence-electron chi connectivity index (χ4n) is 2.84. The molecule has 1 aliphatic rings. The fraction of sp³-hybridized carbons (Fsp3) is 1.00. The topological polar surface area (TPSA) is 32.7 Å². The van der Waals surface area contributed by atoms with Crippen molar-refractivity contribution in [2.24, 2.45) is 5.41 Å². The summed E-state index contributed by atoms with van der Waals surface area (Å²) in [6.45, 7) is 17.6. The van der Waals surface area contributed by atoms with Gasteiger partial charge in [-0.15, -0.1) is 0 Å². The van der Waals surface area contributed by atoms with E-state index >= 15 is 0 Å². The number of aliphatic hydroxyl groups excluding tert-OH is 1. The molecule has 0 aromatic heterocycles. The summed E-state index contributed by atoms with van der Waals surface area (Å²) in [6.07, 6.45) is 0.585. The number of ether oxygens (including phenoxy) is 1. The Morgan fingerprint density at radius 1 is 1.11 bits per heavy atom. The normalized spacial score (nSPS) is 26.0. The average molecular weight is 257 g/mol. The maximum Gasteiger partial charge on any atom is 0.0760 e. The molecule has 1 saturated heterocycles. The van der Waals surface area contributed by atoms with E-state index < -0.39 is 0 Å².